The minimum absolute atomic E-state index is 0.0335. The van der Waals surface area contributed by atoms with Crippen molar-refractivity contribution in [1.82, 2.24) is 4.90 Å². The first-order valence-electron chi connectivity index (χ1n) is 10.5. The van der Waals surface area contributed by atoms with Crippen LogP contribution in [0.5, 0.6) is 23.0 Å². The minimum Gasteiger partial charge on any atom is -0.497 e. The molecule has 1 aliphatic rings. The van der Waals surface area contributed by atoms with Gasteiger partial charge in [-0.25, -0.2) is 0 Å². The second-order valence-corrected chi connectivity index (χ2v) is 7.71. The van der Waals surface area contributed by atoms with E-state index in [1.54, 1.807) is 27.4 Å². The molecule has 3 rings (SSSR count). The molecule has 1 aliphatic heterocycles. The molecule has 0 bridgehead atoms. The fourth-order valence-corrected chi connectivity index (χ4v) is 3.86. The molecular formula is C25H31NO5. The van der Waals surface area contributed by atoms with Crippen LogP contribution in [0.1, 0.15) is 43.9 Å². The SMILES string of the molecule is COc1ccc(OC)c(C2CCCN2C(=O)/C=C/c2ccc(OC(C)C)c(OC)c2)c1. The highest BCUT2D eigenvalue weighted by molar-refractivity contribution is 5.92. The number of methoxy groups -OCH3 is 3. The standard InChI is InChI=1S/C25H31NO5/c1-17(2)31-23-11-8-18(15-24(23)30-5)9-13-25(27)26-14-6-7-21(26)20-16-19(28-3)10-12-22(20)29-4/h8-13,15-17,21H,6-7,14H2,1-5H3/b13-9+. The summed E-state index contributed by atoms with van der Waals surface area (Å²) < 4.78 is 22.1. The Morgan fingerprint density at radius 2 is 1.74 bits per heavy atom. The highest BCUT2D eigenvalue weighted by atomic mass is 16.5. The van der Waals surface area contributed by atoms with E-state index in [0.29, 0.717) is 18.0 Å². The molecule has 0 spiro atoms. The van der Waals surface area contributed by atoms with Crippen LogP contribution in [0.25, 0.3) is 6.08 Å². The molecule has 1 amide bonds. The van der Waals surface area contributed by atoms with Crippen LogP contribution < -0.4 is 18.9 Å². The average Bonchev–Trinajstić information content (AvgIpc) is 3.27. The number of likely N-dealkylation sites (tertiary alicyclic amines) is 1. The number of carbonyl (C=O) groups excluding carboxylic acids is 1. The molecular weight excluding hydrogens is 394 g/mol. The average molecular weight is 426 g/mol. The summed E-state index contributed by atoms with van der Waals surface area (Å²) in [5.74, 6) is 2.81. The first-order chi connectivity index (χ1) is 15.0. The molecule has 31 heavy (non-hydrogen) atoms. The van der Waals surface area contributed by atoms with Crippen LogP contribution in [0.3, 0.4) is 0 Å². The lowest BCUT2D eigenvalue weighted by atomic mass is 10.0. The number of hydrogen-bond acceptors (Lipinski definition) is 5. The molecule has 0 saturated carbocycles. The molecule has 166 valence electrons. The topological polar surface area (TPSA) is 57.2 Å². The van der Waals surface area contributed by atoms with Gasteiger partial charge in [-0.3, -0.25) is 4.79 Å². The number of amides is 1. The maximum Gasteiger partial charge on any atom is 0.247 e. The Labute approximate surface area is 184 Å². The van der Waals surface area contributed by atoms with Gasteiger partial charge in [0.25, 0.3) is 0 Å². The van der Waals surface area contributed by atoms with Gasteiger partial charge >= 0.3 is 0 Å². The number of rotatable bonds is 8. The van der Waals surface area contributed by atoms with Crippen molar-refractivity contribution in [2.24, 2.45) is 0 Å². The van der Waals surface area contributed by atoms with Gasteiger partial charge in [-0.15, -0.1) is 0 Å². The van der Waals surface area contributed by atoms with Gasteiger partial charge < -0.3 is 23.8 Å². The van der Waals surface area contributed by atoms with E-state index in [0.717, 1.165) is 35.5 Å². The fourth-order valence-electron chi connectivity index (χ4n) is 3.86. The van der Waals surface area contributed by atoms with E-state index in [-0.39, 0.29) is 18.1 Å². The number of nitrogens with zero attached hydrogens (tertiary/aromatic N) is 1. The van der Waals surface area contributed by atoms with Gasteiger partial charge in [0.05, 0.1) is 33.5 Å². The summed E-state index contributed by atoms with van der Waals surface area (Å²) in [6.07, 6.45) is 5.31. The largest absolute Gasteiger partial charge is 0.497 e. The lowest BCUT2D eigenvalue weighted by Crippen LogP contribution is -2.29. The molecule has 6 heteroatoms. The van der Waals surface area contributed by atoms with Crippen LogP contribution in [-0.4, -0.2) is 44.8 Å². The van der Waals surface area contributed by atoms with Crippen LogP contribution >= 0.6 is 0 Å². The van der Waals surface area contributed by atoms with Gasteiger partial charge in [-0.1, -0.05) is 6.07 Å². The van der Waals surface area contributed by atoms with E-state index in [1.807, 2.05) is 61.2 Å². The molecule has 0 aliphatic carbocycles. The van der Waals surface area contributed by atoms with E-state index < -0.39 is 0 Å². The van der Waals surface area contributed by atoms with E-state index in [4.69, 9.17) is 18.9 Å². The highest BCUT2D eigenvalue weighted by Gasteiger charge is 2.31. The third-order valence-corrected chi connectivity index (χ3v) is 5.30. The molecule has 0 N–H and O–H groups in total. The normalized spacial score (nSPS) is 16.1. The Morgan fingerprint density at radius 3 is 2.42 bits per heavy atom. The van der Waals surface area contributed by atoms with Crippen LogP contribution in [0, 0.1) is 0 Å². The molecule has 1 heterocycles. The van der Waals surface area contributed by atoms with E-state index >= 15 is 0 Å². The van der Waals surface area contributed by atoms with Gasteiger partial charge in [0.1, 0.15) is 11.5 Å². The third kappa shape index (κ3) is 5.32. The van der Waals surface area contributed by atoms with Gasteiger partial charge in [0.15, 0.2) is 11.5 Å². The predicted octanol–water partition coefficient (Wildman–Crippen LogP) is 4.88. The molecule has 0 aromatic heterocycles. The number of carbonyl (C=O) groups is 1. The highest BCUT2D eigenvalue weighted by Crippen LogP contribution is 2.39. The fraction of sp³-hybridized carbons (Fsp3) is 0.400. The third-order valence-electron chi connectivity index (χ3n) is 5.30. The summed E-state index contributed by atoms with van der Waals surface area (Å²) in [5, 5.41) is 0. The zero-order chi connectivity index (χ0) is 22.4. The Morgan fingerprint density at radius 1 is 1.00 bits per heavy atom. The van der Waals surface area contributed by atoms with Crippen molar-refractivity contribution in [3.63, 3.8) is 0 Å². The Balaban J connectivity index is 1.79. The Kier molecular flexibility index (Phi) is 7.45. The molecule has 6 nitrogen and oxygen atoms in total. The Bertz CT molecular complexity index is 938. The Hall–Kier alpha value is -3.15. The van der Waals surface area contributed by atoms with Crippen molar-refractivity contribution in [2.45, 2.75) is 38.8 Å². The van der Waals surface area contributed by atoms with Gasteiger partial charge in [-0.2, -0.15) is 0 Å². The maximum absolute atomic E-state index is 13.0. The molecule has 2 aromatic rings. The lowest BCUT2D eigenvalue weighted by Gasteiger charge is -2.25. The summed E-state index contributed by atoms with van der Waals surface area (Å²) in [4.78, 5) is 14.9. The summed E-state index contributed by atoms with van der Waals surface area (Å²) >= 11 is 0. The molecule has 0 radical (unpaired) electrons. The van der Waals surface area contributed by atoms with Crippen LogP contribution in [-0.2, 0) is 4.79 Å². The number of ether oxygens (including phenoxy) is 4. The molecule has 1 atom stereocenters. The maximum atomic E-state index is 13.0. The van der Waals surface area contributed by atoms with Crippen LogP contribution in [0.2, 0.25) is 0 Å². The van der Waals surface area contributed by atoms with E-state index in [1.165, 1.54) is 0 Å². The number of hydrogen-bond donors (Lipinski definition) is 0. The smallest absolute Gasteiger partial charge is 0.247 e. The van der Waals surface area contributed by atoms with Crippen LogP contribution in [0.15, 0.2) is 42.5 Å². The summed E-state index contributed by atoms with van der Waals surface area (Å²) in [5.41, 5.74) is 1.84. The van der Waals surface area contributed by atoms with Crippen LogP contribution in [0.4, 0.5) is 0 Å². The van der Waals surface area contributed by atoms with E-state index in [9.17, 15) is 4.79 Å². The molecule has 1 unspecified atom stereocenters. The van der Waals surface area contributed by atoms with Crippen molar-refractivity contribution in [3.8, 4) is 23.0 Å². The number of benzene rings is 2. The van der Waals surface area contributed by atoms with Gasteiger partial charge in [0, 0.05) is 18.2 Å². The molecule has 2 aromatic carbocycles. The van der Waals surface area contributed by atoms with E-state index in [2.05, 4.69) is 0 Å². The second-order valence-electron chi connectivity index (χ2n) is 7.71. The monoisotopic (exact) mass is 425 g/mol. The summed E-state index contributed by atoms with van der Waals surface area (Å²) in [6, 6.07) is 11.3. The predicted molar refractivity (Wildman–Crippen MR) is 121 cm³/mol. The van der Waals surface area contributed by atoms with Crippen molar-refractivity contribution in [3.05, 3.63) is 53.6 Å². The first kappa shape index (κ1) is 22.5. The quantitative estimate of drug-likeness (QED) is 0.565. The van der Waals surface area contributed by atoms with Gasteiger partial charge in [0.2, 0.25) is 5.91 Å². The van der Waals surface area contributed by atoms with Crippen molar-refractivity contribution in [2.75, 3.05) is 27.9 Å². The van der Waals surface area contributed by atoms with Crippen molar-refractivity contribution in [1.29, 1.82) is 0 Å². The zero-order valence-electron chi connectivity index (χ0n) is 18.9. The van der Waals surface area contributed by atoms with Gasteiger partial charge in [-0.05, 0) is 68.7 Å². The first-order valence-corrected chi connectivity index (χ1v) is 10.5. The minimum atomic E-state index is -0.0430. The second kappa shape index (κ2) is 10.2. The summed E-state index contributed by atoms with van der Waals surface area (Å²) in [6.45, 7) is 4.64. The molecule has 1 fully saturated rings. The zero-order valence-corrected chi connectivity index (χ0v) is 18.9. The molecule has 1 saturated heterocycles. The van der Waals surface area contributed by atoms with Crippen molar-refractivity contribution < 1.29 is 23.7 Å². The van der Waals surface area contributed by atoms with Crippen molar-refractivity contribution >= 4 is 12.0 Å². The summed E-state index contributed by atoms with van der Waals surface area (Å²) in [7, 11) is 4.89. The lowest BCUT2D eigenvalue weighted by molar-refractivity contribution is -0.126.